The van der Waals surface area contributed by atoms with Gasteiger partial charge in [0.05, 0.1) is 12.2 Å². The van der Waals surface area contributed by atoms with Gasteiger partial charge in [0, 0.05) is 31.1 Å². The molecule has 3 aromatic rings. The molecule has 1 fully saturated rings. The molecule has 1 aromatic heterocycles. The fraction of sp³-hybridized carbons (Fsp3) is 0.350. The van der Waals surface area contributed by atoms with E-state index >= 15 is 0 Å². The molecule has 0 amide bonds. The summed E-state index contributed by atoms with van der Waals surface area (Å²) in [5.41, 5.74) is 1.40. The summed E-state index contributed by atoms with van der Waals surface area (Å²) in [4.78, 5) is 14.4. The minimum Gasteiger partial charge on any atom is -0.423 e. The van der Waals surface area contributed by atoms with Gasteiger partial charge < -0.3 is 9.15 Å². The van der Waals surface area contributed by atoms with Gasteiger partial charge in [0.15, 0.2) is 0 Å². The topological polar surface area (TPSA) is 42.7 Å². The van der Waals surface area contributed by atoms with E-state index in [2.05, 4.69) is 30.9 Å². The van der Waals surface area contributed by atoms with Crippen LogP contribution in [0, 0.1) is 0 Å². The van der Waals surface area contributed by atoms with Crippen molar-refractivity contribution in [3.8, 4) is 0 Å². The lowest BCUT2D eigenvalue weighted by molar-refractivity contribution is -0.0704. The SMILES string of the molecule is C[C@@H]1CN(Cc2cc(=O)oc3ccc4ccccc4c23)C[C@H](C)O1. The van der Waals surface area contributed by atoms with E-state index in [0.29, 0.717) is 5.58 Å². The summed E-state index contributed by atoms with van der Waals surface area (Å²) in [5, 5.41) is 3.33. The minimum atomic E-state index is -0.290. The Morgan fingerprint density at radius 3 is 2.62 bits per heavy atom. The van der Waals surface area contributed by atoms with Crippen LogP contribution in [0.2, 0.25) is 0 Å². The zero-order valence-electron chi connectivity index (χ0n) is 14.0. The molecule has 4 rings (SSSR count). The van der Waals surface area contributed by atoms with Crippen molar-refractivity contribution in [3.63, 3.8) is 0 Å². The van der Waals surface area contributed by atoms with Crippen LogP contribution in [0.1, 0.15) is 19.4 Å². The van der Waals surface area contributed by atoms with Crippen molar-refractivity contribution in [1.29, 1.82) is 0 Å². The van der Waals surface area contributed by atoms with Gasteiger partial charge in [-0.2, -0.15) is 0 Å². The lowest BCUT2D eigenvalue weighted by Crippen LogP contribution is -2.44. The Balaban J connectivity index is 1.84. The van der Waals surface area contributed by atoms with E-state index in [4.69, 9.17) is 9.15 Å². The third kappa shape index (κ3) is 2.83. The third-order valence-corrected chi connectivity index (χ3v) is 4.60. The molecule has 2 aromatic carbocycles. The quantitative estimate of drug-likeness (QED) is 0.534. The van der Waals surface area contributed by atoms with Gasteiger partial charge in [0.25, 0.3) is 0 Å². The highest BCUT2D eigenvalue weighted by molar-refractivity contribution is 6.07. The monoisotopic (exact) mass is 323 g/mol. The van der Waals surface area contributed by atoms with Crippen LogP contribution in [-0.4, -0.2) is 30.2 Å². The fourth-order valence-corrected chi connectivity index (χ4v) is 3.80. The van der Waals surface area contributed by atoms with Gasteiger partial charge in [-0.1, -0.05) is 30.3 Å². The van der Waals surface area contributed by atoms with Crippen molar-refractivity contribution in [3.05, 3.63) is 58.4 Å². The summed E-state index contributed by atoms with van der Waals surface area (Å²) in [6.45, 7) is 6.66. The van der Waals surface area contributed by atoms with Gasteiger partial charge in [0.1, 0.15) is 5.58 Å². The number of morpholine rings is 1. The summed E-state index contributed by atoms with van der Waals surface area (Å²) in [6.07, 6.45) is 0.411. The summed E-state index contributed by atoms with van der Waals surface area (Å²) in [5.74, 6) is 0. The number of nitrogens with zero attached hydrogens (tertiary/aromatic N) is 1. The Bertz CT molecular complexity index is 936. The van der Waals surface area contributed by atoms with Crippen LogP contribution in [-0.2, 0) is 11.3 Å². The molecule has 0 saturated carbocycles. The third-order valence-electron chi connectivity index (χ3n) is 4.60. The summed E-state index contributed by atoms with van der Waals surface area (Å²) >= 11 is 0. The number of ether oxygens (including phenoxy) is 1. The van der Waals surface area contributed by atoms with E-state index in [-0.39, 0.29) is 17.8 Å². The Hall–Kier alpha value is -2.17. The zero-order valence-corrected chi connectivity index (χ0v) is 14.0. The number of hydrogen-bond donors (Lipinski definition) is 0. The van der Waals surface area contributed by atoms with E-state index in [9.17, 15) is 4.79 Å². The largest absolute Gasteiger partial charge is 0.423 e. The van der Waals surface area contributed by atoms with Crippen LogP contribution in [0.3, 0.4) is 0 Å². The van der Waals surface area contributed by atoms with Crippen LogP contribution < -0.4 is 5.63 Å². The van der Waals surface area contributed by atoms with Crippen molar-refractivity contribution >= 4 is 21.7 Å². The van der Waals surface area contributed by atoms with Crippen LogP contribution in [0.5, 0.6) is 0 Å². The van der Waals surface area contributed by atoms with E-state index in [0.717, 1.165) is 41.4 Å². The first-order valence-corrected chi connectivity index (χ1v) is 8.42. The predicted octanol–water partition coefficient (Wildman–Crippen LogP) is 3.56. The molecular formula is C20H21NO3. The maximum absolute atomic E-state index is 12.0. The highest BCUT2D eigenvalue weighted by atomic mass is 16.5. The summed E-state index contributed by atoms with van der Waals surface area (Å²) in [7, 11) is 0. The summed E-state index contributed by atoms with van der Waals surface area (Å²) in [6, 6.07) is 13.8. The van der Waals surface area contributed by atoms with Crippen molar-refractivity contribution in [2.24, 2.45) is 0 Å². The molecule has 1 aliphatic rings. The smallest absolute Gasteiger partial charge is 0.336 e. The van der Waals surface area contributed by atoms with Gasteiger partial charge in [0.2, 0.25) is 0 Å². The van der Waals surface area contributed by atoms with E-state index in [1.165, 1.54) is 0 Å². The van der Waals surface area contributed by atoms with Crippen molar-refractivity contribution in [2.75, 3.05) is 13.1 Å². The molecule has 0 spiro atoms. The first-order chi connectivity index (χ1) is 11.6. The molecule has 1 saturated heterocycles. The van der Waals surface area contributed by atoms with E-state index in [1.807, 2.05) is 24.3 Å². The Morgan fingerprint density at radius 1 is 1.08 bits per heavy atom. The first-order valence-electron chi connectivity index (χ1n) is 8.42. The van der Waals surface area contributed by atoms with Gasteiger partial charge in [-0.25, -0.2) is 4.79 Å². The standard InChI is InChI=1S/C20H21NO3/c1-13-10-21(11-14(2)23-13)12-16-9-19(22)24-18-8-7-15-5-3-4-6-17(15)20(16)18/h3-9,13-14H,10-12H2,1-2H3/t13-,14+. The summed E-state index contributed by atoms with van der Waals surface area (Å²) < 4.78 is 11.3. The minimum absolute atomic E-state index is 0.205. The lowest BCUT2D eigenvalue weighted by Gasteiger charge is -2.35. The lowest BCUT2D eigenvalue weighted by atomic mass is 10.0. The zero-order chi connectivity index (χ0) is 16.7. The molecule has 0 radical (unpaired) electrons. The predicted molar refractivity (Wildman–Crippen MR) is 95.3 cm³/mol. The normalized spacial score (nSPS) is 22.2. The second-order valence-corrected chi connectivity index (χ2v) is 6.70. The molecule has 0 aliphatic carbocycles. The fourth-order valence-electron chi connectivity index (χ4n) is 3.80. The molecule has 0 bridgehead atoms. The van der Waals surface area contributed by atoms with Gasteiger partial charge in [-0.3, -0.25) is 4.90 Å². The van der Waals surface area contributed by atoms with Gasteiger partial charge in [-0.15, -0.1) is 0 Å². The second kappa shape index (κ2) is 6.04. The Morgan fingerprint density at radius 2 is 1.83 bits per heavy atom. The van der Waals surface area contributed by atoms with Crippen molar-refractivity contribution < 1.29 is 9.15 Å². The first kappa shape index (κ1) is 15.4. The molecule has 2 heterocycles. The maximum atomic E-state index is 12.0. The number of hydrogen-bond acceptors (Lipinski definition) is 4. The molecule has 4 nitrogen and oxygen atoms in total. The highest BCUT2D eigenvalue weighted by Crippen LogP contribution is 2.28. The number of benzene rings is 2. The van der Waals surface area contributed by atoms with Crippen molar-refractivity contribution in [2.45, 2.75) is 32.6 Å². The molecular weight excluding hydrogens is 302 g/mol. The molecule has 1 aliphatic heterocycles. The maximum Gasteiger partial charge on any atom is 0.336 e. The molecule has 2 atom stereocenters. The average Bonchev–Trinajstić information content (AvgIpc) is 2.53. The number of fused-ring (bicyclic) bond motifs is 3. The Kier molecular flexibility index (Phi) is 3.87. The number of rotatable bonds is 2. The van der Waals surface area contributed by atoms with Crippen LogP contribution >= 0.6 is 0 Å². The molecule has 0 N–H and O–H groups in total. The average molecular weight is 323 g/mol. The Labute approximate surface area is 140 Å². The molecule has 0 unspecified atom stereocenters. The van der Waals surface area contributed by atoms with E-state index < -0.39 is 0 Å². The van der Waals surface area contributed by atoms with Crippen LogP contribution in [0.25, 0.3) is 21.7 Å². The molecule has 4 heteroatoms. The molecule has 24 heavy (non-hydrogen) atoms. The van der Waals surface area contributed by atoms with Crippen LogP contribution in [0.4, 0.5) is 0 Å². The van der Waals surface area contributed by atoms with Crippen LogP contribution in [0.15, 0.2) is 51.7 Å². The van der Waals surface area contributed by atoms with E-state index in [1.54, 1.807) is 6.07 Å². The molecule has 124 valence electrons. The van der Waals surface area contributed by atoms with Gasteiger partial charge >= 0.3 is 5.63 Å². The second-order valence-electron chi connectivity index (χ2n) is 6.70. The van der Waals surface area contributed by atoms with Gasteiger partial charge in [-0.05, 0) is 36.2 Å². The van der Waals surface area contributed by atoms with Crippen molar-refractivity contribution in [1.82, 2.24) is 4.90 Å². The highest BCUT2D eigenvalue weighted by Gasteiger charge is 2.23.